The lowest BCUT2D eigenvalue weighted by atomic mass is 10.0. The van der Waals surface area contributed by atoms with E-state index in [0.29, 0.717) is 6.61 Å². The highest BCUT2D eigenvalue weighted by Crippen LogP contribution is 2.20. The van der Waals surface area contributed by atoms with Gasteiger partial charge in [-0.05, 0) is 31.0 Å². The number of para-hydroxylation sites is 1. The average molecular weight is 310 g/mol. The molecular weight excluding hydrogens is 288 g/mol. The van der Waals surface area contributed by atoms with E-state index in [2.05, 4.69) is 10.1 Å². The maximum atomic E-state index is 5.97. The van der Waals surface area contributed by atoms with Crippen molar-refractivity contribution in [1.82, 2.24) is 0 Å². The van der Waals surface area contributed by atoms with Crippen LogP contribution in [-0.2, 0) is 11.4 Å². The molecule has 120 valence electrons. The number of aliphatic imine (C=N–C) groups is 1. The van der Waals surface area contributed by atoms with Gasteiger partial charge in [0.25, 0.3) is 0 Å². The van der Waals surface area contributed by atoms with Crippen LogP contribution in [0.15, 0.2) is 58.7 Å². The first kappa shape index (κ1) is 16.7. The molecule has 0 spiro atoms. The topological polar surface area (TPSA) is 43.2 Å². The molecule has 0 N–H and O–H groups in total. The first-order chi connectivity index (χ1) is 11.2. The monoisotopic (exact) mass is 310 g/mol. The number of benzene rings is 2. The Morgan fingerprint density at radius 3 is 2.43 bits per heavy atom. The summed E-state index contributed by atoms with van der Waals surface area (Å²) in [5.74, 6) is 0.883. The van der Waals surface area contributed by atoms with Crippen LogP contribution in [0.25, 0.3) is 0 Å². The predicted molar refractivity (Wildman–Crippen MR) is 94.5 cm³/mol. The standard InChI is InChI=1S/C19H22N2O2/c1-14-9-5-8-12-18(14)23-13-16-10-6-7-11-17(16)19(21-22-4)15(2)20-3/h5-12H,13H2,1-4H3. The molecule has 2 aromatic rings. The predicted octanol–water partition coefficient (Wildman–Crippen LogP) is 4.02. The maximum absolute atomic E-state index is 5.97. The van der Waals surface area contributed by atoms with Crippen molar-refractivity contribution in [2.24, 2.45) is 10.1 Å². The number of hydrogen-bond donors (Lipinski definition) is 0. The number of ether oxygens (including phenoxy) is 1. The van der Waals surface area contributed by atoms with Crippen LogP contribution in [0.2, 0.25) is 0 Å². The maximum Gasteiger partial charge on any atom is 0.131 e. The highest BCUT2D eigenvalue weighted by atomic mass is 16.6. The Morgan fingerprint density at radius 1 is 1.04 bits per heavy atom. The van der Waals surface area contributed by atoms with Crippen LogP contribution in [0, 0.1) is 6.92 Å². The summed E-state index contributed by atoms with van der Waals surface area (Å²) in [4.78, 5) is 9.21. The first-order valence-corrected chi connectivity index (χ1v) is 7.49. The van der Waals surface area contributed by atoms with Crippen molar-refractivity contribution in [2.75, 3.05) is 14.2 Å². The van der Waals surface area contributed by atoms with Gasteiger partial charge in [-0.15, -0.1) is 0 Å². The molecule has 0 heterocycles. The minimum atomic E-state index is 0.459. The van der Waals surface area contributed by atoms with Gasteiger partial charge < -0.3 is 9.57 Å². The summed E-state index contributed by atoms with van der Waals surface area (Å²) in [5, 5.41) is 4.13. The van der Waals surface area contributed by atoms with Gasteiger partial charge in [0.2, 0.25) is 0 Å². The second kappa shape index (κ2) is 8.13. The third-order valence-electron chi connectivity index (χ3n) is 3.61. The van der Waals surface area contributed by atoms with Crippen LogP contribution in [0.4, 0.5) is 0 Å². The molecule has 0 atom stereocenters. The molecule has 0 aliphatic carbocycles. The van der Waals surface area contributed by atoms with Gasteiger partial charge in [-0.2, -0.15) is 0 Å². The summed E-state index contributed by atoms with van der Waals surface area (Å²) in [7, 11) is 3.28. The van der Waals surface area contributed by atoms with E-state index in [1.54, 1.807) is 7.05 Å². The molecule has 0 aliphatic heterocycles. The third kappa shape index (κ3) is 4.19. The van der Waals surface area contributed by atoms with Crippen LogP contribution in [0.3, 0.4) is 0 Å². The van der Waals surface area contributed by atoms with E-state index in [9.17, 15) is 0 Å². The largest absolute Gasteiger partial charge is 0.489 e. The Labute approximate surface area is 137 Å². The molecule has 0 bridgehead atoms. The van der Waals surface area contributed by atoms with E-state index in [1.165, 1.54) is 7.11 Å². The number of nitrogens with zero attached hydrogens (tertiary/aromatic N) is 2. The highest BCUT2D eigenvalue weighted by Gasteiger charge is 2.13. The van der Waals surface area contributed by atoms with E-state index in [4.69, 9.17) is 9.57 Å². The molecule has 0 amide bonds. The second-order valence-electron chi connectivity index (χ2n) is 5.14. The van der Waals surface area contributed by atoms with Crippen LogP contribution in [0.5, 0.6) is 5.75 Å². The zero-order chi connectivity index (χ0) is 16.7. The SMILES string of the molecule is CN=C(C)C(=NOC)c1ccccc1COc1ccccc1C. The molecule has 0 fully saturated rings. The highest BCUT2D eigenvalue weighted by molar-refractivity contribution is 6.47. The lowest BCUT2D eigenvalue weighted by Crippen LogP contribution is -2.16. The van der Waals surface area contributed by atoms with Crippen molar-refractivity contribution < 1.29 is 9.57 Å². The van der Waals surface area contributed by atoms with E-state index in [0.717, 1.165) is 33.9 Å². The van der Waals surface area contributed by atoms with Gasteiger partial charge >= 0.3 is 0 Å². The Bertz CT molecular complexity index is 721. The number of hydrogen-bond acceptors (Lipinski definition) is 4. The van der Waals surface area contributed by atoms with Crippen molar-refractivity contribution in [3.8, 4) is 5.75 Å². The smallest absolute Gasteiger partial charge is 0.131 e. The molecule has 0 saturated carbocycles. The summed E-state index contributed by atoms with van der Waals surface area (Å²) in [6.07, 6.45) is 0. The minimum Gasteiger partial charge on any atom is -0.489 e. The molecule has 0 saturated heterocycles. The Hall–Kier alpha value is -2.62. The van der Waals surface area contributed by atoms with E-state index >= 15 is 0 Å². The van der Waals surface area contributed by atoms with E-state index in [1.807, 2.05) is 62.4 Å². The van der Waals surface area contributed by atoms with Crippen LogP contribution in [-0.4, -0.2) is 25.6 Å². The molecule has 2 rings (SSSR count). The summed E-state index contributed by atoms with van der Waals surface area (Å²) < 4.78 is 5.97. The Kier molecular flexibility index (Phi) is 5.92. The number of rotatable bonds is 6. The third-order valence-corrected chi connectivity index (χ3v) is 3.61. The van der Waals surface area contributed by atoms with Crippen LogP contribution < -0.4 is 4.74 Å². The van der Waals surface area contributed by atoms with Crippen molar-refractivity contribution in [2.45, 2.75) is 20.5 Å². The zero-order valence-corrected chi connectivity index (χ0v) is 14.0. The fraction of sp³-hybridized carbons (Fsp3) is 0.263. The molecule has 4 heteroatoms. The molecule has 4 nitrogen and oxygen atoms in total. The number of aryl methyl sites for hydroxylation is 1. The Morgan fingerprint density at radius 2 is 1.74 bits per heavy atom. The van der Waals surface area contributed by atoms with Gasteiger partial charge in [-0.1, -0.05) is 47.6 Å². The minimum absolute atomic E-state index is 0.459. The van der Waals surface area contributed by atoms with Crippen LogP contribution in [0.1, 0.15) is 23.6 Å². The van der Waals surface area contributed by atoms with E-state index < -0.39 is 0 Å². The number of oxime groups is 1. The summed E-state index contributed by atoms with van der Waals surface area (Å²) >= 11 is 0. The fourth-order valence-electron chi connectivity index (χ4n) is 2.26. The summed E-state index contributed by atoms with van der Waals surface area (Å²) in [6, 6.07) is 16.0. The second-order valence-corrected chi connectivity index (χ2v) is 5.14. The molecule has 0 aliphatic rings. The fourth-order valence-corrected chi connectivity index (χ4v) is 2.26. The molecule has 0 aromatic heterocycles. The summed E-state index contributed by atoms with van der Waals surface area (Å²) in [6.45, 7) is 4.41. The Balaban J connectivity index is 2.30. The molecular formula is C19H22N2O2. The van der Waals surface area contributed by atoms with Crippen molar-refractivity contribution >= 4 is 11.4 Å². The van der Waals surface area contributed by atoms with E-state index in [-0.39, 0.29) is 0 Å². The van der Waals surface area contributed by atoms with Gasteiger partial charge in [0.1, 0.15) is 25.2 Å². The summed E-state index contributed by atoms with van der Waals surface area (Å²) in [5.41, 5.74) is 4.65. The molecule has 0 radical (unpaired) electrons. The van der Waals surface area contributed by atoms with Crippen LogP contribution >= 0.6 is 0 Å². The van der Waals surface area contributed by atoms with Gasteiger partial charge in [-0.25, -0.2) is 0 Å². The van der Waals surface area contributed by atoms with Crippen molar-refractivity contribution in [3.63, 3.8) is 0 Å². The average Bonchev–Trinajstić information content (AvgIpc) is 2.59. The lowest BCUT2D eigenvalue weighted by Gasteiger charge is -2.13. The molecule has 2 aromatic carbocycles. The quantitative estimate of drug-likeness (QED) is 0.597. The zero-order valence-electron chi connectivity index (χ0n) is 14.0. The van der Waals surface area contributed by atoms with Crippen molar-refractivity contribution in [3.05, 3.63) is 65.2 Å². The van der Waals surface area contributed by atoms with Crippen molar-refractivity contribution in [1.29, 1.82) is 0 Å². The lowest BCUT2D eigenvalue weighted by molar-refractivity contribution is 0.214. The molecule has 0 unspecified atom stereocenters. The first-order valence-electron chi connectivity index (χ1n) is 7.49. The van der Waals surface area contributed by atoms with Gasteiger partial charge in [0.15, 0.2) is 0 Å². The van der Waals surface area contributed by atoms with Gasteiger partial charge in [0, 0.05) is 12.6 Å². The van der Waals surface area contributed by atoms with Gasteiger partial charge in [0.05, 0.1) is 5.71 Å². The molecule has 23 heavy (non-hydrogen) atoms. The van der Waals surface area contributed by atoms with Gasteiger partial charge in [-0.3, -0.25) is 4.99 Å². The normalized spacial score (nSPS) is 12.2.